The zero-order chi connectivity index (χ0) is 13.8. The molecule has 0 saturated carbocycles. The van der Waals surface area contributed by atoms with E-state index in [4.69, 9.17) is 10.5 Å². The Hall–Kier alpha value is -1.36. The fraction of sp³-hybridized carbons (Fsp3) is 0.357. The average Bonchev–Trinajstić information content (AvgIpc) is 2.64. The van der Waals surface area contributed by atoms with Gasteiger partial charge in [-0.25, -0.2) is 9.38 Å². The van der Waals surface area contributed by atoms with Crippen molar-refractivity contribution in [3.05, 3.63) is 40.1 Å². The topological polar surface area (TPSA) is 47.6 Å². The minimum atomic E-state index is -0.793. The first kappa shape index (κ1) is 12.7. The number of hydrogen-bond acceptors (Lipinski definition) is 3. The summed E-state index contributed by atoms with van der Waals surface area (Å²) in [4.78, 5) is 4.42. The Kier molecular flexibility index (Phi) is 2.55. The van der Waals surface area contributed by atoms with Crippen LogP contribution in [0.5, 0.6) is 5.75 Å². The maximum atomic E-state index is 13.8. The first-order valence-electron chi connectivity index (χ1n) is 6.03. The Morgan fingerprint density at radius 3 is 2.79 bits per heavy atom. The van der Waals surface area contributed by atoms with Crippen molar-refractivity contribution in [2.75, 3.05) is 6.61 Å². The second kappa shape index (κ2) is 3.82. The molecule has 1 aromatic rings. The minimum absolute atomic E-state index is 0.0408. The summed E-state index contributed by atoms with van der Waals surface area (Å²) in [5.74, 6) is 0.229. The van der Waals surface area contributed by atoms with Crippen LogP contribution in [0.25, 0.3) is 0 Å². The molecule has 0 aromatic heterocycles. The van der Waals surface area contributed by atoms with Crippen LogP contribution in [-0.4, -0.2) is 12.4 Å². The number of benzene rings is 1. The molecule has 19 heavy (non-hydrogen) atoms. The Morgan fingerprint density at radius 2 is 2.16 bits per heavy atom. The first-order chi connectivity index (χ1) is 8.86. The van der Waals surface area contributed by atoms with E-state index in [0.717, 1.165) is 15.8 Å². The molecule has 100 valence electrons. The van der Waals surface area contributed by atoms with Crippen LogP contribution in [0.3, 0.4) is 0 Å². The van der Waals surface area contributed by atoms with Crippen LogP contribution in [0.15, 0.2) is 39.6 Å². The molecule has 0 saturated heterocycles. The fourth-order valence-electron chi connectivity index (χ4n) is 2.68. The van der Waals surface area contributed by atoms with Crippen molar-refractivity contribution in [3.8, 4) is 5.75 Å². The van der Waals surface area contributed by atoms with E-state index in [-0.39, 0.29) is 11.3 Å². The van der Waals surface area contributed by atoms with E-state index in [1.165, 1.54) is 6.08 Å². The van der Waals surface area contributed by atoms with Gasteiger partial charge in [0, 0.05) is 15.5 Å². The second-order valence-corrected chi connectivity index (χ2v) is 6.48. The van der Waals surface area contributed by atoms with Gasteiger partial charge in [-0.15, -0.1) is 0 Å². The molecule has 2 N–H and O–H groups in total. The Morgan fingerprint density at radius 1 is 1.42 bits per heavy atom. The van der Waals surface area contributed by atoms with Crippen molar-refractivity contribution < 1.29 is 9.13 Å². The Balaban J connectivity index is 2.31. The van der Waals surface area contributed by atoms with Crippen LogP contribution >= 0.6 is 15.9 Å². The van der Waals surface area contributed by atoms with Gasteiger partial charge in [-0.2, -0.15) is 0 Å². The molecule has 1 unspecified atom stereocenters. The predicted molar refractivity (Wildman–Crippen MR) is 75.9 cm³/mol. The van der Waals surface area contributed by atoms with Gasteiger partial charge in [-0.1, -0.05) is 29.8 Å². The highest BCUT2D eigenvalue weighted by atomic mass is 79.9. The summed E-state index contributed by atoms with van der Waals surface area (Å²) in [6.07, 6.45) is 1.51. The summed E-state index contributed by atoms with van der Waals surface area (Å²) in [5, 5.41) is 0. The van der Waals surface area contributed by atoms with Crippen LogP contribution in [0.2, 0.25) is 0 Å². The van der Waals surface area contributed by atoms with Crippen molar-refractivity contribution in [2.24, 2.45) is 16.1 Å². The van der Waals surface area contributed by atoms with E-state index in [1.54, 1.807) is 0 Å². The largest absolute Gasteiger partial charge is 0.493 e. The summed E-state index contributed by atoms with van der Waals surface area (Å²) in [6.45, 7) is 4.47. The van der Waals surface area contributed by atoms with Gasteiger partial charge in [-0.05, 0) is 24.3 Å². The lowest BCUT2D eigenvalue weighted by Crippen LogP contribution is -2.46. The molecule has 1 aromatic carbocycles. The van der Waals surface area contributed by atoms with Crippen LogP contribution in [0, 0.1) is 5.41 Å². The lowest BCUT2D eigenvalue weighted by molar-refractivity contribution is 0.0854. The summed E-state index contributed by atoms with van der Waals surface area (Å²) in [7, 11) is 0. The molecule has 0 bridgehead atoms. The van der Waals surface area contributed by atoms with E-state index in [1.807, 2.05) is 32.0 Å². The molecule has 0 aliphatic carbocycles. The third kappa shape index (κ3) is 1.64. The standard InChI is InChI=1S/C14H14BrFN2O/c1-13(2)7-19-11-4-3-8(15)5-9(11)14(13)6-10(16)12(17)18-14/h3-6H,7H2,1-2H3,(H2,17,18). The molecule has 1 atom stereocenters. The van der Waals surface area contributed by atoms with Gasteiger partial charge in [-0.3, -0.25) is 0 Å². The van der Waals surface area contributed by atoms with Gasteiger partial charge in [0.1, 0.15) is 11.3 Å². The van der Waals surface area contributed by atoms with E-state index < -0.39 is 11.4 Å². The SMILES string of the molecule is CC1(C)COc2ccc(Br)cc2C12C=C(F)C(N)=N2. The maximum absolute atomic E-state index is 13.8. The fourth-order valence-corrected chi connectivity index (χ4v) is 3.04. The smallest absolute Gasteiger partial charge is 0.163 e. The van der Waals surface area contributed by atoms with Crippen molar-refractivity contribution in [3.63, 3.8) is 0 Å². The van der Waals surface area contributed by atoms with E-state index in [0.29, 0.717) is 6.61 Å². The van der Waals surface area contributed by atoms with E-state index in [9.17, 15) is 4.39 Å². The maximum Gasteiger partial charge on any atom is 0.163 e. The molecule has 2 heterocycles. The van der Waals surface area contributed by atoms with Crippen LogP contribution in [-0.2, 0) is 5.54 Å². The quantitative estimate of drug-likeness (QED) is 0.796. The van der Waals surface area contributed by atoms with Gasteiger partial charge in [0.15, 0.2) is 11.7 Å². The number of halogens is 2. The third-order valence-corrected chi connectivity index (χ3v) is 4.34. The average molecular weight is 325 g/mol. The molecule has 1 spiro atoms. The van der Waals surface area contributed by atoms with Crippen LogP contribution in [0.4, 0.5) is 4.39 Å². The summed E-state index contributed by atoms with van der Waals surface area (Å²) >= 11 is 3.44. The lowest BCUT2D eigenvalue weighted by Gasteiger charge is -2.44. The molecule has 0 amide bonds. The molecule has 2 aliphatic rings. The van der Waals surface area contributed by atoms with Gasteiger partial charge in [0.05, 0.1) is 6.61 Å². The number of nitrogens with two attached hydrogens (primary N) is 1. The number of amidine groups is 1. The van der Waals surface area contributed by atoms with Crippen molar-refractivity contribution in [1.82, 2.24) is 0 Å². The number of hydrogen-bond donors (Lipinski definition) is 1. The molecule has 0 fully saturated rings. The lowest BCUT2D eigenvalue weighted by atomic mass is 9.67. The van der Waals surface area contributed by atoms with Gasteiger partial charge in [0.25, 0.3) is 0 Å². The highest BCUT2D eigenvalue weighted by molar-refractivity contribution is 9.10. The first-order valence-corrected chi connectivity index (χ1v) is 6.82. The predicted octanol–water partition coefficient (Wildman–Crippen LogP) is 3.29. The molecular formula is C14H14BrFN2O. The summed E-state index contributed by atoms with van der Waals surface area (Å²) < 4.78 is 20.5. The van der Waals surface area contributed by atoms with E-state index in [2.05, 4.69) is 20.9 Å². The molecule has 5 heteroatoms. The number of aliphatic imine (C=N–C) groups is 1. The van der Waals surface area contributed by atoms with Crippen LogP contribution < -0.4 is 10.5 Å². The zero-order valence-corrected chi connectivity index (χ0v) is 12.3. The molecular weight excluding hydrogens is 311 g/mol. The summed E-state index contributed by atoms with van der Waals surface area (Å²) in [5.41, 5.74) is 5.33. The number of ether oxygens (including phenoxy) is 1. The van der Waals surface area contributed by atoms with Crippen molar-refractivity contribution in [1.29, 1.82) is 0 Å². The normalized spacial score (nSPS) is 27.6. The molecule has 3 rings (SSSR count). The molecule has 2 aliphatic heterocycles. The number of fused-ring (bicyclic) bond motifs is 2. The highest BCUT2D eigenvalue weighted by Gasteiger charge is 2.53. The minimum Gasteiger partial charge on any atom is -0.493 e. The van der Waals surface area contributed by atoms with Gasteiger partial charge in [0.2, 0.25) is 0 Å². The van der Waals surface area contributed by atoms with Crippen molar-refractivity contribution >= 4 is 21.8 Å². The Labute approximate surface area is 119 Å². The number of rotatable bonds is 0. The molecule has 3 nitrogen and oxygen atoms in total. The Bertz CT molecular complexity index is 604. The zero-order valence-electron chi connectivity index (χ0n) is 10.7. The highest BCUT2D eigenvalue weighted by Crippen LogP contribution is 2.54. The van der Waals surface area contributed by atoms with Gasteiger partial charge >= 0.3 is 0 Å². The second-order valence-electron chi connectivity index (χ2n) is 5.57. The summed E-state index contributed by atoms with van der Waals surface area (Å²) in [6, 6.07) is 5.68. The van der Waals surface area contributed by atoms with E-state index >= 15 is 0 Å². The van der Waals surface area contributed by atoms with Gasteiger partial charge < -0.3 is 10.5 Å². The number of nitrogens with zero attached hydrogens (tertiary/aromatic N) is 1. The third-order valence-electron chi connectivity index (χ3n) is 3.85. The monoisotopic (exact) mass is 324 g/mol. The van der Waals surface area contributed by atoms with Crippen molar-refractivity contribution in [2.45, 2.75) is 19.4 Å². The molecule has 0 radical (unpaired) electrons. The van der Waals surface area contributed by atoms with Crippen LogP contribution in [0.1, 0.15) is 19.4 Å².